The van der Waals surface area contributed by atoms with E-state index in [1.807, 2.05) is 0 Å². The fourth-order valence-electron chi connectivity index (χ4n) is 1.48. The number of hydrogen-bond acceptors (Lipinski definition) is 2. The quantitative estimate of drug-likeness (QED) is 0.615. The first-order valence-electron chi connectivity index (χ1n) is 5.19. The summed E-state index contributed by atoms with van der Waals surface area (Å²) in [6, 6.07) is 0.812. The van der Waals surface area contributed by atoms with Gasteiger partial charge in [-0.05, 0) is 37.5 Å². The molecule has 0 aliphatic heterocycles. The van der Waals surface area contributed by atoms with Crippen molar-refractivity contribution in [3.8, 4) is 0 Å². The minimum Gasteiger partial charge on any atom is -0.313 e. The molecule has 0 aromatic rings. The third kappa shape index (κ3) is 3.81. The molecule has 0 saturated heterocycles. The van der Waals surface area contributed by atoms with Crippen LogP contribution >= 0.6 is 11.8 Å². The van der Waals surface area contributed by atoms with E-state index in [1.54, 1.807) is 0 Å². The molecule has 0 aromatic carbocycles. The lowest BCUT2D eigenvalue weighted by Crippen LogP contribution is -2.33. The van der Waals surface area contributed by atoms with Gasteiger partial charge in [0.05, 0.1) is 0 Å². The number of thioether (sulfide) groups is 1. The molecule has 1 nitrogen and oxygen atoms in total. The fourth-order valence-corrected chi connectivity index (χ4v) is 2.58. The second-order valence-corrected chi connectivity index (χ2v) is 4.73. The van der Waals surface area contributed by atoms with E-state index in [0.29, 0.717) is 0 Å². The molecule has 0 heterocycles. The summed E-state index contributed by atoms with van der Waals surface area (Å²) in [7, 11) is 0. The predicted octanol–water partition coefficient (Wildman–Crippen LogP) is 2.52. The van der Waals surface area contributed by atoms with E-state index in [2.05, 4.69) is 30.9 Å². The van der Waals surface area contributed by atoms with Crippen LogP contribution in [0, 0.1) is 5.92 Å². The molecule has 1 atom stereocenters. The van der Waals surface area contributed by atoms with Gasteiger partial charge in [0.2, 0.25) is 0 Å². The first kappa shape index (κ1) is 10.4. The van der Waals surface area contributed by atoms with E-state index >= 15 is 0 Å². The average molecular weight is 187 g/mol. The number of rotatable bonds is 7. The van der Waals surface area contributed by atoms with Crippen LogP contribution in [0.15, 0.2) is 0 Å². The van der Waals surface area contributed by atoms with E-state index in [-0.39, 0.29) is 0 Å². The second kappa shape index (κ2) is 5.87. The summed E-state index contributed by atoms with van der Waals surface area (Å²) in [6.45, 7) is 5.60. The molecule has 1 unspecified atom stereocenters. The largest absolute Gasteiger partial charge is 0.313 e. The lowest BCUT2D eigenvalue weighted by molar-refractivity contribution is 0.519. The Labute approximate surface area is 80.7 Å². The van der Waals surface area contributed by atoms with Gasteiger partial charge in [-0.3, -0.25) is 0 Å². The Morgan fingerprint density at radius 3 is 2.67 bits per heavy atom. The molecule has 2 heteroatoms. The maximum Gasteiger partial charge on any atom is 0.0186 e. The first-order chi connectivity index (χ1) is 5.88. The minimum atomic E-state index is 0.812. The van der Waals surface area contributed by atoms with Gasteiger partial charge in [-0.15, -0.1) is 0 Å². The molecule has 1 fully saturated rings. The summed E-state index contributed by atoms with van der Waals surface area (Å²) >= 11 is 2.11. The maximum atomic E-state index is 3.58. The van der Waals surface area contributed by atoms with Crippen molar-refractivity contribution in [1.82, 2.24) is 5.32 Å². The van der Waals surface area contributed by atoms with Crippen LogP contribution in [0.25, 0.3) is 0 Å². The van der Waals surface area contributed by atoms with Gasteiger partial charge in [-0.1, -0.05) is 13.8 Å². The Hall–Kier alpha value is 0.310. The van der Waals surface area contributed by atoms with Crippen LogP contribution in [0.3, 0.4) is 0 Å². The summed E-state index contributed by atoms with van der Waals surface area (Å²) in [5.41, 5.74) is 0. The fraction of sp³-hybridized carbons (Fsp3) is 1.00. The monoisotopic (exact) mass is 187 g/mol. The average Bonchev–Trinajstić information content (AvgIpc) is 2.86. The van der Waals surface area contributed by atoms with Crippen molar-refractivity contribution < 1.29 is 0 Å². The molecule has 1 rings (SSSR count). The summed E-state index contributed by atoms with van der Waals surface area (Å²) in [5, 5.41) is 3.58. The highest BCUT2D eigenvalue weighted by molar-refractivity contribution is 7.99. The van der Waals surface area contributed by atoms with Gasteiger partial charge in [0.1, 0.15) is 0 Å². The van der Waals surface area contributed by atoms with Crippen molar-refractivity contribution in [2.45, 2.75) is 39.2 Å². The van der Waals surface area contributed by atoms with Gasteiger partial charge >= 0.3 is 0 Å². The maximum absolute atomic E-state index is 3.58. The molecule has 1 aliphatic rings. The van der Waals surface area contributed by atoms with Crippen LogP contribution in [0.5, 0.6) is 0 Å². The Bertz CT molecular complexity index is 112. The van der Waals surface area contributed by atoms with E-state index in [1.165, 1.54) is 30.8 Å². The minimum absolute atomic E-state index is 0.812. The van der Waals surface area contributed by atoms with Crippen molar-refractivity contribution in [1.29, 1.82) is 0 Å². The molecule has 1 N–H and O–H groups in total. The lowest BCUT2D eigenvalue weighted by Gasteiger charge is -2.16. The van der Waals surface area contributed by atoms with Crippen LogP contribution in [0.1, 0.15) is 33.1 Å². The zero-order valence-electron chi connectivity index (χ0n) is 8.31. The highest BCUT2D eigenvalue weighted by Gasteiger charge is 2.29. The molecule has 0 aromatic heterocycles. The molecule has 0 radical (unpaired) electrons. The van der Waals surface area contributed by atoms with Gasteiger partial charge in [0, 0.05) is 11.8 Å². The van der Waals surface area contributed by atoms with Gasteiger partial charge in [-0.2, -0.15) is 11.8 Å². The second-order valence-electron chi connectivity index (χ2n) is 3.58. The smallest absolute Gasteiger partial charge is 0.0186 e. The van der Waals surface area contributed by atoms with Gasteiger partial charge < -0.3 is 5.32 Å². The molecule has 1 aliphatic carbocycles. The standard InChI is InChI=1S/C10H21NS/c1-3-7-12-8-10(11-4-2)9-5-6-9/h9-11H,3-8H2,1-2H3. The zero-order valence-corrected chi connectivity index (χ0v) is 9.12. The highest BCUT2D eigenvalue weighted by Crippen LogP contribution is 2.33. The van der Waals surface area contributed by atoms with Gasteiger partial charge in [0.25, 0.3) is 0 Å². The molecule has 0 bridgehead atoms. The van der Waals surface area contributed by atoms with Crippen molar-refractivity contribution in [3.05, 3.63) is 0 Å². The highest BCUT2D eigenvalue weighted by atomic mass is 32.2. The third-order valence-electron chi connectivity index (χ3n) is 2.30. The molecule has 1 saturated carbocycles. The van der Waals surface area contributed by atoms with Crippen molar-refractivity contribution >= 4 is 11.8 Å². The summed E-state index contributed by atoms with van der Waals surface area (Å²) < 4.78 is 0. The summed E-state index contributed by atoms with van der Waals surface area (Å²) in [6.07, 6.45) is 4.24. The van der Waals surface area contributed by atoms with E-state index in [0.717, 1.165) is 18.5 Å². The van der Waals surface area contributed by atoms with E-state index in [4.69, 9.17) is 0 Å². The normalized spacial score (nSPS) is 19.5. The summed E-state index contributed by atoms with van der Waals surface area (Å²) in [4.78, 5) is 0. The SMILES string of the molecule is CCCSCC(NCC)C1CC1. The molecule has 72 valence electrons. The van der Waals surface area contributed by atoms with Gasteiger partial charge in [-0.25, -0.2) is 0 Å². The lowest BCUT2D eigenvalue weighted by atomic mass is 10.2. The summed E-state index contributed by atoms with van der Waals surface area (Å²) in [5.74, 6) is 3.66. The van der Waals surface area contributed by atoms with Crippen LogP contribution in [-0.4, -0.2) is 24.1 Å². The molecular weight excluding hydrogens is 166 g/mol. The predicted molar refractivity (Wildman–Crippen MR) is 57.8 cm³/mol. The topological polar surface area (TPSA) is 12.0 Å². The van der Waals surface area contributed by atoms with Crippen LogP contribution in [-0.2, 0) is 0 Å². The van der Waals surface area contributed by atoms with Gasteiger partial charge in [0.15, 0.2) is 0 Å². The Morgan fingerprint density at radius 2 is 2.17 bits per heavy atom. The van der Waals surface area contributed by atoms with Crippen molar-refractivity contribution in [2.75, 3.05) is 18.1 Å². The van der Waals surface area contributed by atoms with Crippen LogP contribution < -0.4 is 5.32 Å². The first-order valence-corrected chi connectivity index (χ1v) is 6.35. The molecule has 0 amide bonds. The van der Waals surface area contributed by atoms with Crippen molar-refractivity contribution in [2.24, 2.45) is 5.92 Å². The van der Waals surface area contributed by atoms with Crippen LogP contribution in [0.4, 0.5) is 0 Å². The molecule has 0 spiro atoms. The zero-order chi connectivity index (χ0) is 8.81. The van der Waals surface area contributed by atoms with Crippen molar-refractivity contribution in [3.63, 3.8) is 0 Å². The third-order valence-corrected chi connectivity index (χ3v) is 3.59. The van der Waals surface area contributed by atoms with E-state index in [9.17, 15) is 0 Å². The Balaban J connectivity index is 2.05. The number of nitrogens with one attached hydrogen (secondary N) is 1. The molecule has 12 heavy (non-hydrogen) atoms. The van der Waals surface area contributed by atoms with Crippen LogP contribution in [0.2, 0.25) is 0 Å². The Kier molecular flexibility index (Phi) is 5.08. The van der Waals surface area contributed by atoms with E-state index < -0.39 is 0 Å². The molecular formula is C10H21NS. The number of hydrogen-bond donors (Lipinski definition) is 1. The Morgan fingerprint density at radius 1 is 1.42 bits per heavy atom.